The second kappa shape index (κ2) is 11.4. The first-order valence-corrected chi connectivity index (χ1v) is 6.92. The molecular weight excluding hydrogens is 204 g/mol. The van der Waals surface area contributed by atoms with Crippen LogP contribution in [0, 0.1) is 5.92 Å². The maximum absolute atomic E-state index is 2.25. The van der Waals surface area contributed by atoms with E-state index in [1.807, 2.05) is 6.07 Å². The Morgan fingerprint density at radius 3 is 2.06 bits per heavy atom. The van der Waals surface area contributed by atoms with Crippen LogP contribution in [0.5, 0.6) is 0 Å². The lowest BCUT2D eigenvalue weighted by Crippen LogP contribution is -1.81. The summed E-state index contributed by atoms with van der Waals surface area (Å²) < 4.78 is 0. The van der Waals surface area contributed by atoms with E-state index in [-0.39, 0.29) is 0 Å². The van der Waals surface area contributed by atoms with E-state index < -0.39 is 0 Å². The second-order valence-electron chi connectivity index (χ2n) is 4.78. The third-order valence-electron chi connectivity index (χ3n) is 2.43. The highest BCUT2D eigenvalue weighted by Crippen LogP contribution is 2.02. The Morgan fingerprint density at radius 2 is 1.65 bits per heavy atom. The third-order valence-corrected chi connectivity index (χ3v) is 2.43. The molecule has 0 N–H and O–H groups in total. The molecule has 96 valence electrons. The molecule has 0 spiro atoms. The predicted molar refractivity (Wildman–Crippen MR) is 80.1 cm³/mol. The molecule has 0 saturated heterocycles. The standard InChI is InChI=1S/C11H14.C6H14/c1-2-3-5-8-11-9-6-4-7-10-11;1-4-5-6(2)3/h4-10H,2-3H2,1H3;6H,4-5H2,1-3H3. The number of allylic oxidation sites excluding steroid dienone is 1. The average molecular weight is 232 g/mol. The van der Waals surface area contributed by atoms with Gasteiger partial charge < -0.3 is 0 Å². The normalized spacial score (nSPS) is 10.4. The molecule has 0 fully saturated rings. The van der Waals surface area contributed by atoms with Crippen LogP contribution in [0.2, 0.25) is 0 Å². The lowest BCUT2D eigenvalue weighted by molar-refractivity contribution is 0.576. The molecule has 1 aromatic carbocycles. The molecule has 0 aliphatic carbocycles. The van der Waals surface area contributed by atoms with Crippen molar-refractivity contribution in [1.82, 2.24) is 0 Å². The number of hydrogen-bond acceptors (Lipinski definition) is 0. The minimum Gasteiger partial charge on any atom is -0.0840 e. The van der Waals surface area contributed by atoms with Crippen molar-refractivity contribution in [2.45, 2.75) is 53.4 Å². The van der Waals surface area contributed by atoms with Gasteiger partial charge >= 0.3 is 0 Å². The Bertz CT molecular complexity index is 269. The largest absolute Gasteiger partial charge is 0.0840 e. The first-order valence-electron chi connectivity index (χ1n) is 6.92. The molecule has 0 heterocycles. The van der Waals surface area contributed by atoms with Crippen molar-refractivity contribution >= 4 is 6.08 Å². The van der Waals surface area contributed by atoms with Crippen LogP contribution < -0.4 is 0 Å². The first-order chi connectivity index (χ1) is 8.20. The molecule has 0 atom stereocenters. The van der Waals surface area contributed by atoms with E-state index in [2.05, 4.69) is 64.1 Å². The maximum atomic E-state index is 2.25. The number of hydrogen-bond donors (Lipinski definition) is 0. The zero-order chi connectivity index (χ0) is 12.9. The van der Waals surface area contributed by atoms with Crippen LogP contribution in [-0.4, -0.2) is 0 Å². The molecule has 0 radical (unpaired) electrons. The third kappa shape index (κ3) is 11.2. The quantitative estimate of drug-likeness (QED) is 0.589. The highest BCUT2D eigenvalue weighted by molar-refractivity contribution is 5.48. The summed E-state index contributed by atoms with van der Waals surface area (Å²) in [5.74, 6) is 0.898. The fourth-order valence-corrected chi connectivity index (χ4v) is 1.53. The topological polar surface area (TPSA) is 0 Å². The fourth-order valence-electron chi connectivity index (χ4n) is 1.53. The smallest absolute Gasteiger partial charge is 0.0260 e. The van der Waals surface area contributed by atoms with Gasteiger partial charge in [-0.25, -0.2) is 0 Å². The summed E-state index contributed by atoms with van der Waals surface area (Å²) >= 11 is 0. The Hall–Kier alpha value is -1.04. The van der Waals surface area contributed by atoms with Gasteiger partial charge in [-0.15, -0.1) is 0 Å². The maximum Gasteiger partial charge on any atom is -0.0260 e. The summed E-state index contributed by atoms with van der Waals surface area (Å²) in [7, 11) is 0. The Labute approximate surface area is 108 Å². The Morgan fingerprint density at radius 1 is 1.00 bits per heavy atom. The molecule has 0 saturated carbocycles. The highest BCUT2D eigenvalue weighted by atomic mass is 13.9. The Kier molecular flexibility index (Phi) is 10.7. The van der Waals surface area contributed by atoms with E-state index in [1.54, 1.807) is 0 Å². The minimum atomic E-state index is 0.898. The van der Waals surface area contributed by atoms with Crippen LogP contribution in [0.3, 0.4) is 0 Å². The average Bonchev–Trinajstić information content (AvgIpc) is 2.31. The first kappa shape index (κ1) is 16.0. The molecule has 0 nitrogen and oxygen atoms in total. The zero-order valence-electron chi connectivity index (χ0n) is 11.9. The SMILES string of the molecule is CCCC(C)C.CCCC=Cc1ccccc1. The second-order valence-corrected chi connectivity index (χ2v) is 4.78. The van der Waals surface area contributed by atoms with Gasteiger partial charge in [-0.3, -0.25) is 0 Å². The van der Waals surface area contributed by atoms with Crippen molar-refractivity contribution in [2.24, 2.45) is 5.92 Å². The van der Waals surface area contributed by atoms with E-state index in [1.165, 1.54) is 31.2 Å². The summed E-state index contributed by atoms with van der Waals surface area (Å²) in [6, 6.07) is 10.4. The van der Waals surface area contributed by atoms with E-state index in [9.17, 15) is 0 Å². The van der Waals surface area contributed by atoms with E-state index in [0.717, 1.165) is 5.92 Å². The highest BCUT2D eigenvalue weighted by Gasteiger charge is 1.85. The van der Waals surface area contributed by atoms with Gasteiger partial charge in [0.05, 0.1) is 0 Å². The summed E-state index contributed by atoms with van der Waals surface area (Å²) in [6.45, 7) is 8.92. The molecular formula is C17H28. The van der Waals surface area contributed by atoms with Gasteiger partial charge in [0.25, 0.3) is 0 Å². The van der Waals surface area contributed by atoms with Crippen LogP contribution in [0.15, 0.2) is 36.4 Å². The van der Waals surface area contributed by atoms with E-state index in [0.29, 0.717) is 0 Å². The van der Waals surface area contributed by atoms with E-state index in [4.69, 9.17) is 0 Å². The van der Waals surface area contributed by atoms with Gasteiger partial charge in [0, 0.05) is 0 Å². The fraction of sp³-hybridized carbons (Fsp3) is 0.529. The summed E-state index contributed by atoms with van der Waals surface area (Å²) in [5.41, 5.74) is 1.29. The molecule has 0 unspecified atom stereocenters. The van der Waals surface area contributed by atoms with Gasteiger partial charge in [-0.2, -0.15) is 0 Å². The van der Waals surface area contributed by atoms with Gasteiger partial charge in [-0.05, 0) is 17.9 Å². The Balaban J connectivity index is 0.000000366. The lowest BCUT2D eigenvalue weighted by atomic mass is 10.1. The molecule has 1 aromatic rings. The molecule has 17 heavy (non-hydrogen) atoms. The van der Waals surface area contributed by atoms with Crippen molar-refractivity contribution < 1.29 is 0 Å². The minimum absolute atomic E-state index is 0.898. The monoisotopic (exact) mass is 232 g/mol. The molecule has 0 aliphatic rings. The molecule has 0 bridgehead atoms. The number of unbranched alkanes of at least 4 members (excludes halogenated alkanes) is 1. The zero-order valence-corrected chi connectivity index (χ0v) is 11.9. The van der Waals surface area contributed by atoms with Crippen LogP contribution in [0.1, 0.15) is 58.9 Å². The van der Waals surface area contributed by atoms with Crippen LogP contribution in [-0.2, 0) is 0 Å². The van der Waals surface area contributed by atoms with Crippen molar-refractivity contribution in [3.05, 3.63) is 42.0 Å². The van der Waals surface area contributed by atoms with Gasteiger partial charge in [-0.1, -0.05) is 89.4 Å². The van der Waals surface area contributed by atoms with Crippen molar-refractivity contribution in [3.63, 3.8) is 0 Å². The van der Waals surface area contributed by atoms with E-state index >= 15 is 0 Å². The van der Waals surface area contributed by atoms with Gasteiger partial charge in [0.1, 0.15) is 0 Å². The summed E-state index contributed by atoms with van der Waals surface area (Å²) in [5, 5.41) is 0. The van der Waals surface area contributed by atoms with Crippen molar-refractivity contribution in [2.75, 3.05) is 0 Å². The van der Waals surface area contributed by atoms with Crippen LogP contribution in [0.25, 0.3) is 6.08 Å². The van der Waals surface area contributed by atoms with Gasteiger partial charge in [0.15, 0.2) is 0 Å². The summed E-state index contributed by atoms with van der Waals surface area (Å²) in [6.07, 6.45) is 9.49. The molecule has 1 rings (SSSR count). The molecule has 0 aliphatic heterocycles. The number of rotatable bonds is 5. The molecule has 0 aromatic heterocycles. The predicted octanol–water partition coefficient (Wildman–Crippen LogP) is 5.94. The van der Waals surface area contributed by atoms with Gasteiger partial charge in [0.2, 0.25) is 0 Å². The van der Waals surface area contributed by atoms with Crippen LogP contribution >= 0.6 is 0 Å². The number of benzene rings is 1. The van der Waals surface area contributed by atoms with Crippen molar-refractivity contribution in [1.29, 1.82) is 0 Å². The summed E-state index contributed by atoms with van der Waals surface area (Å²) in [4.78, 5) is 0. The lowest BCUT2D eigenvalue weighted by Gasteiger charge is -1.95. The van der Waals surface area contributed by atoms with Crippen LogP contribution in [0.4, 0.5) is 0 Å². The van der Waals surface area contributed by atoms with Crippen molar-refractivity contribution in [3.8, 4) is 0 Å². The molecule has 0 amide bonds. The molecule has 0 heteroatoms.